The first-order chi connectivity index (χ1) is 11.7. The molecule has 1 aromatic carbocycles. The van der Waals surface area contributed by atoms with Gasteiger partial charge in [0.25, 0.3) is 5.91 Å². The van der Waals surface area contributed by atoms with Crippen LogP contribution in [-0.4, -0.2) is 22.6 Å². The van der Waals surface area contributed by atoms with Gasteiger partial charge in [0, 0.05) is 6.20 Å². The number of pyridine rings is 1. The third kappa shape index (κ3) is 4.13. The minimum absolute atomic E-state index is 0.103. The van der Waals surface area contributed by atoms with Crippen LogP contribution in [0.15, 0.2) is 59.7 Å². The van der Waals surface area contributed by atoms with Gasteiger partial charge in [-0.25, -0.2) is 0 Å². The van der Waals surface area contributed by atoms with Gasteiger partial charge < -0.3 is 4.74 Å². The fraction of sp³-hybridized carbons (Fsp3) is 0.400. The number of nitrogens with zero attached hydrogens (tertiary/aromatic N) is 2. The zero-order valence-electron chi connectivity index (χ0n) is 14.1. The Labute approximate surface area is 142 Å². The van der Waals surface area contributed by atoms with Crippen LogP contribution >= 0.6 is 0 Å². The average molecular weight is 324 g/mol. The number of para-hydroxylation sites is 1. The van der Waals surface area contributed by atoms with Crippen LogP contribution in [0.2, 0.25) is 0 Å². The Morgan fingerprint density at radius 1 is 1.08 bits per heavy atom. The quantitative estimate of drug-likeness (QED) is 0.858. The summed E-state index contributed by atoms with van der Waals surface area (Å²) in [7, 11) is 0. The van der Waals surface area contributed by atoms with E-state index in [-0.39, 0.29) is 5.91 Å². The molecule has 3 rings (SSSR count). The smallest absolute Gasteiger partial charge is 0.272 e. The molecule has 1 fully saturated rings. The number of benzene rings is 1. The number of ether oxygens (including phenoxy) is 1. The van der Waals surface area contributed by atoms with Gasteiger partial charge in [-0.1, -0.05) is 43.5 Å². The molecule has 0 saturated heterocycles. The van der Waals surface area contributed by atoms with Gasteiger partial charge >= 0.3 is 0 Å². The van der Waals surface area contributed by atoms with Crippen LogP contribution in [0.4, 0.5) is 0 Å². The van der Waals surface area contributed by atoms with Crippen LogP contribution in [0.5, 0.6) is 5.75 Å². The molecule has 1 unspecified atom stereocenters. The van der Waals surface area contributed by atoms with Crippen molar-refractivity contribution >= 4 is 5.91 Å². The SMILES string of the molecule is CC(Oc1ccccc1)C(=O)n1ccccc1=NC1CCCCC1. The fourth-order valence-electron chi connectivity index (χ4n) is 3.07. The molecule has 0 radical (unpaired) electrons. The number of rotatable bonds is 4. The number of aromatic nitrogens is 1. The second kappa shape index (κ2) is 7.95. The topological polar surface area (TPSA) is 43.6 Å². The molecule has 1 aliphatic carbocycles. The molecule has 4 heteroatoms. The van der Waals surface area contributed by atoms with E-state index in [4.69, 9.17) is 9.73 Å². The van der Waals surface area contributed by atoms with Crippen molar-refractivity contribution in [1.82, 2.24) is 4.57 Å². The van der Waals surface area contributed by atoms with E-state index in [2.05, 4.69) is 0 Å². The van der Waals surface area contributed by atoms with Crippen LogP contribution < -0.4 is 10.2 Å². The van der Waals surface area contributed by atoms with E-state index < -0.39 is 6.10 Å². The molecule has 0 spiro atoms. The largest absolute Gasteiger partial charge is 0.481 e. The van der Waals surface area contributed by atoms with Gasteiger partial charge in [0.2, 0.25) is 0 Å². The molecule has 1 aliphatic rings. The first kappa shape index (κ1) is 16.5. The van der Waals surface area contributed by atoms with E-state index in [0.29, 0.717) is 11.8 Å². The van der Waals surface area contributed by atoms with Crippen molar-refractivity contribution in [2.45, 2.75) is 51.2 Å². The maximum atomic E-state index is 12.8. The van der Waals surface area contributed by atoms with Crippen molar-refractivity contribution in [3.05, 3.63) is 60.2 Å². The molecule has 0 amide bonds. The third-order valence-corrected chi connectivity index (χ3v) is 4.37. The minimum Gasteiger partial charge on any atom is -0.481 e. The zero-order chi connectivity index (χ0) is 16.8. The van der Waals surface area contributed by atoms with Crippen LogP contribution in [0, 0.1) is 0 Å². The molecule has 2 aromatic rings. The summed E-state index contributed by atoms with van der Waals surface area (Å²) < 4.78 is 7.38. The molecule has 1 aromatic heterocycles. The predicted molar refractivity (Wildman–Crippen MR) is 94.0 cm³/mol. The Kier molecular flexibility index (Phi) is 5.47. The molecule has 126 valence electrons. The summed E-state index contributed by atoms with van der Waals surface area (Å²) in [5, 5.41) is 0. The molecular formula is C20H24N2O2. The number of carbonyl (C=O) groups excluding carboxylic acids is 1. The van der Waals surface area contributed by atoms with Crippen molar-refractivity contribution in [2.24, 2.45) is 4.99 Å². The summed E-state index contributed by atoms with van der Waals surface area (Å²) in [5.74, 6) is 0.592. The van der Waals surface area contributed by atoms with E-state index in [1.165, 1.54) is 19.3 Å². The van der Waals surface area contributed by atoms with Gasteiger partial charge in [0.1, 0.15) is 11.2 Å². The average Bonchev–Trinajstić information content (AvgIpc) is 2.63. The summed E-state index contributed by atoms with van der Waals surface area (Å²) >= 11 is 0. The van der Waals surface area contributed by atoms with Crippen LogP contribution in [-0.2, 0) is 0 Å². The minimum atomic E-state index is -0.569. The first-order valence-electron chi connectivity index (χ1n) is 8.71. The van der Waals surface area contributed by atoms with E-state index >= 15 is 0 Å². The maximum Gasteiger partial charge on any atom is 0.272 e. The monoisotopic (exact) mass is 324 g/mol. The van der Waals surface area contributed by atoms with Gasteiger partial charge in [-0.3, -0.25) is 14.4 Å². The molecule has 0 bridgehead atoms. The Morgan fingerprint density at radius 3 is 2.54 bits per heavy atom. The number of carbonyl (C=O) groups is 1. The summed E-state index contributed by atoms with van der Waals surface area (Å²) in [6.45, 7) is 1.78. The van der Waals surface area contributed by atoms with Gasteiger partial charge in [-0.05, 0) is 44.0 Å². The second-order valence-electron chi connectivity index (χ2n) is 6.26. The molecule has 1 saturated carbocycles. The molecule has 4 nitrogen and oxygen atoms in total. The molecule has 24 heavy (non-hydrogen) atoms. The number of hydrogen-bond donors (Lipinski definition) is 0. The Bertz CT molecular complexity index is 731. The molecular weight excluding hydrogens is 300 g/mol. The Hall–Kier alpha value is -2.36. The van der Waals surface area contributed by atoms with Crippen molar-refractivity contribution in [3.63, 3.8) is 0 Å². The van der Waals surface area contributed by atoms with Gasteiger partial charge in [-0.15, -0.1) is 0 Å². The summed E-state index contributed by atoms with van der Waals surface area (Å²) in [6, 6.07) is 15.4. The Morgan fingerprint density at radius 2 is 1.79 bits per heavy atom. The Balaban J connectivity index is 1.80. The highest BCUT2D eigenvalue weighted by molar-refractivity contribution is 5.83. The molecule has 0 N–H and O–H groups in total. The lowest BCUT2D eigenvalue weighted by Crippen LogP contribution is -2.37. The van der Waals surface area contributed by atoms with Crippen LogP contribution in [0.25, 0.3) is 0 Å². The molecule has 1 heterocycles. The highest BCUT2D eigenvalue weighted by Gasteiger charge is 2.18. The van der Waals surface area contributed by atoms with E-state index in [9.17, 15) is 4.79 Å². The van der Waals surface area contributed by atoms with Crippen LogP contribution in [0.1, 0.15) is 43.8 Å². The normalized spacial score (nSPS) is 17.5. The number of hydrogen-bond acceptors (Lipinski definition) is 3. The van der Waals surface area contributed by atoms with E-state index in [1.807, 2.05) is 48.5 Å². The zero-order valence-corrected chi connectivity index (χ0v) is 14.1. The lowest BCUT2D eigenvalue weighted by atomic mass is 9.96. The molecule has 1 atom stereocenters. The van der Waals surface area contributed by atoms with Crippen molar-refractivity contribution in [2.75, 3.05) is 0 Å². The summed E-state index contributed by atoms with van der Waals surface area (Å²) in [5.41, 5.74) is 0.720. The van der Waals surface area contributed by atoms with Crippen molar-refractivity contribution in [3.8, 4) is 5.75 Å². The maximum absolute atomic E-state index is 12.8. The predicted octanol–water partition coefficient (Wildman–Crippen LogP) is 3.83. The summed E-state index contributed by atoms with van der Waals surface area (Å²) in [4.78, 5) is 17.6. The highest BCUT2D eigenvalue weighted by Crippen LogP contribution is 2.19. The summed E-state index contributed by atoms with van der Waals surface area (Å²) in [6.07, 6.45) is 7.17. The first-order valence-corrected chi connectivity index (χ1v) is 8.71. The second-order valence-corrected chi connectivity index (χ2v) is 6.26. The van der Waals surface area contributed by atoms with Crippen molar-refractivity contribution < 1.29 is 9.53 Å². The third-order valence-electron chi connectivity index (χ3n) is 4.37. The van der Waals surface area contributed by atoms with Crippen LogP contribution in [0.3, 0.4) is 0 Å². The van der Waals surface area contributed by atoms with Gasteiger partial charge in [0.15, 0.2) is 6.10 Å². The fourth-order valence-corrected chi connectivity index (χ4v) is 3.07. The van der Waals surface area contributed by atoms with Crippen molar-refractivity contribution in [1.29, 1.82) is 0 Å². The van der Waals surface area contributed by atoms with E-state index in [1.54, 1.807) is 17.7 Å². The van der Waals surface area contributed by atoms with Gasteiger partial charge in [0.05, 0.1) is 6.04 Å². The standard InChI is InChI=1S/C20H24N2O2/c1-16(24-18-12-6-3-7-13-18)20(23)22-15-9-8-14-19(22)21-17-10-4-2-5-11-17/h3,6-9,12-17H,2,4-5,10-11H2,1H3. The lowest BCUT2D eigenvalue weighted by Gasteiger charge is -2.19. The van der Waals surface area contributed by atoms with E-state index in [0.717, 1.165) is 18.3 Å². The highest BCUT2D eigenvalue weighted by atomic mass is 16.5. The van der Waals surface area contributed by atoms with Gasteiger partial charge in [-0.2, -0.15) is 0 Å². The lowest BCUT2D eigenvalue weighted by molar-refractivity contribution is 0.0721. The molecule has 0 aliphatic heterocycles.